The number of thiazole rings is 1. The molecule has 0 spiro atoms. The molecule has 0 saturated heterocycles. The molecule has 2 nitrogen and oxygen atoms in total. The fourth-order valence-corrected chi connectivity index (χ4v) is 6.66. The van der Waals surface area contributed by atoms with E-state index in [0.29, 0.717) is 0 Å². The van der Waals surface area contributed by atoms with Crippen LogP contribution in [0, 0.1) is 0 Å². The summed E-state index contributed by atoms with van der Waals surface area (Å²) in [6.45, 7) is 2.28. The van der Waals surface area contributed by atoms with Crippen molar-refractivity contribution in [2.45, 2.75) is 12.3 Å². The summed E-state index contributed by atoms with van der Waals surface area (Å²) >= 11 is 1.74. The van der Waals surface area contributed by atoms with Gasteiger partial charge in [-0.05, 0) is 64.6 Å². The molecule has 0 N–H and O–H groups in total. The van der Waals surface area contributed by atoms with Gasteiger partial charge in [-0.1, -0.05) is 121 Å². The summed E-state index contributed by atoms with van der Waals surface area (Å²) in [7, 11) is 0. The van der Waals surface area contributed by atoms with Gasteiger partial charge in [0.1, 0.15) is 5.01 Å². The van der Waals surface area contributed by atoms with Crippen LogP contribution in [-0.4, -0.2) is 9.97 Å². The van der Waals surface area contributed by atoms with Crippen molar-refractivity contribution < 1.29 is 0 Å². The topological polar surface area (TPSA) is 25.8 Å². The van der Waals surface area contributed by atoms with E-state index >= 15 is 0 Å². The van der Waals surface area contributed by atoms with Crippen LogP contribution in [0.1, 0.15) is 23.7 Å². The average molecular weight is 545 g/mol. The third-order valence-electron chi connectivity index (χ3n) is 7.95. The van der Waals surface area contributed by atoms with Gasteiger partial charge in [-0.3, -0.25) is 4.98 Å². The molecule has 5 aromatic carbocycles. The molecule has 1 atom stereocenters. The highest BCUT2D eigenvalue weighted by molar-refractivity contribution is 7.21. The van der Waals surface area contributed by atoms with Crippen LogP contribution in [0.5, 0.6) is 0 Å². The van der Waals surface area contributed by atoms with Crippen molar-refractivity contribution >= 4 is 21.6 Å². The Morgan fingerprint density at radius 1 is 0.537 bits per heavy atom. The predicted octanol–water partition coefficient (Wildman–Crippen LogP) is 10.0. The average Bonchev–Trinajstić information content (AvgIpc) is 3.50. The van der Waals surface area contributed by atoms with E-state index in [9.17, 15) is 0 Å². The molecule has 0 amide bonds. The van der Waals surface area contributed by atoms with Gasteiger partial charge < -0.3 is 0 Å². The van der Waals surface area contributed by atoms with Gasteiger partial charge in [-0.25, -0.2) is 4.98 Å². The van der Waals surface area contributed by atoms with Crippen LogP contribution in [-0.2, 0) is 5.41 Å². The fourth-order valence-electron chi connectivity index (χ4n) is 5.69. The molecule has 196 valence electrons. The summed E-state index contributed by atoms with van der Waals surface area (Å²) in [5, 5.41) is 1.05. The summed E-state index contributed by atoms with van der Waals surface area (Å²) in [6, 6.07) is 51.5. The molecular weight excluding hydrogens is 516 g/mol. The molecule has 0 aliphatic heterocycles. The van der Waals surface area contributed by atoms with Crippen molar-refractivity contribution in [2.24, 2.45) is 0 Å². The number of nitrogens with zero attached hydrogens (tertiary/aromatic N) is 2. The van der Waals surface area contributed by atoms with E-state index in [1.54, 1.807) is 11.3 Å². The summed E-state index contributed by atoms with van der Waals surface area (Å²) in [5.74, 6) is 0. The number of hydrogen-bond acceptors (Lipinski definition) is 3. The lowest BCUT2D eigenvalue weighted by Crippen LogP contribution is -2.27. The minimum Gasteiger partial charge on any atom is -0.260 e. The Morgan fingerprint density at radius 3 is 1.85 bits per heavy atom. The molecule has 7 rings (SSSR count). The molecule has 3 heteroatoms. The van der Waals surface area contributed by atoms with Gasteiger partial charge in [-0.15, -0.1) is 11.3 Å². The van der Waals surface area contributed by atoms with Crippen LogP contribution in [0.15, 0.2) is 152 Å². The van der Waals surface area contributed by atoms with Gasteiger partial charge in [0.2, 0.25) is 0 Å². The van der Waals surface area contributed by atoms with Crippen LogP contribution in [0.3, 0.4) is 0 Å². The summed E-state index contributed by atoms with van der Waals surface area (Å²) in [4.78, 5) is 9.65. The van der Waals surface area contributed by atoms with E-state index in [2.05, 4.69) is 140 Å². The highest BCUT2D eigenvalue weighted by atomic mass is 32.1. The van der Waals surface area contributed by atoms with Gasteiger partial charge in [-0.2, -0.15) is 0 Å². The van der Waals surface area contributed by atoms with Crippen LogP contribution in [0.2, 0.25) is 0 Å². The largest absolute Gasteiger partial charge is 0.260 e. The van der Waals surface area contributed by atoms with Crippen LogP contribution < -0.4 is 0 Å². The molecule has 2 aromatic heterocycles. The third kappa shape index (κ3) is 4.65. The van der Waals surface area contributed by atoms with E-state index in [0.717, 1.165) is 21.8 Å². The minimum absolute atomic E-state index is 0.408. The first-order chi connectivity index (χ1) is 20.2. The van der Waals surface area contributed by atoms with Crippen molar-refractivity contribution in [3.63, 3.8) is 0 Å². The van der Waals surface area contributed by atoms with Gasteiger partial charge in [0.15, 0.2) is 0 Å². The molecule has 0 aliphatic carbocycles. The second-order valence-electron chi connectivity index (χ2n) is 10.4. The first kappa shape index (κ1) is 25.1. The zero-order valence-electron chi connectivity index (χ0n) is 22.7. The van der Waals surface area contributed by atoms with E-state index < -0.39 is 5.41 Å². The van der Waals surface area contributed by atoms with E-state index in [-0.39, 0.29) is 0 Å². The lowest BCUT2D eigenvalue weighted by molar-refractivity contribution is 0.667. The lowest BCUT2D eigenvalue weighted by Gasteiger charge is -2.32. The SMILES string of the molecule is CC(c1ccccc1)(c1ccccn1)c1ccccc1-c1ccc(-c2ccc(-c3nc4ccccc4s3)cc2)cc1. The Hall–Kier alpha value is -4.86. The molecule has 0 radical (unpaired) electrons. The standard InChI is InChI=1S/C38H28N2S/c1-38(31-11-3-2-4-12-31,36-17-9-10-26-39-36)33-14-6-5-13-32(33)29-22-18-27(19-23-29)28-20-24-30(25-21-28)37-40-34-15-7-8-16-35(34)41-37/h2-26H,1H3. The Balaban J connectivity index is 1.24. The monoisotopic (exact) mass is 544 g/mol. The Bertz CT molecular complexity index is 1850. The quantitative estimate of drug-likeness (QED) is 0.208. The minimum atomic E-state index is -0.408. The molecule has 7 aromatic rings. The summed E-state index contributed by atoms with van der Waals surface area (Å²) in [6.07, 6.45) is 1.88. The highest BCUT2D eigenvalue weighted by Crippen LogP contribution is 2.42. The van der Waals surface area contributed by atoms with Gasteiger partial charge in [0, 0.05) is 11.8 Å². The first-order valence-corrected chi connectivity index (χ1v) is 14.7. The molecule has 0 aliphatic rings. The van der Waals surface area contributed by atoms with Gasteiger partial charge >= 0.3 is 0 Å². The van der Waals surface area contributed by atoms with E-state index in [1.165, 1.54) is 38.1 Å². The van der Waals surface area contributed by atoms with Crippen LogP contribution >= 0.6 is 11.3 Å². The number of pyridine rings is 1. The maximum atomic E-state index is 4.83. The molecule has 1 unspecified atom stereocenters. The van der Waals surface area contributed by atoms with E-state index in [1.807, 2.05) is 18.3 Å². The van der Waals surface area contributed by atoms with Crippen molar-refractivity contribution in [1.29, 1.82) is 0 Å². The normalized spacial score (nSPS) is 12.7. The van der Waals surface area contributed by atoms with Gasteiger partial charge in [0.25, 0.3) is 0 Å². The summed E-state index contributed by atoms with van der Waals surface area (Å²) < 4.78 is 1.22. The third-order valence-corrected chi connectivity index (χ3v) is 9.03. The van der Waals surface area contributed by atoms with Crippen LogP contribution in [0.4, 0.5) is 0 Å². The summed E-state index contributed by atoms with van der Waals surface area (Å²) in [5.41, 5.74) is 10.1. The van der Waals surface area contributed by atoms with Gasteiger partial charge in [0.05, 0.1) is 21.3 Å². The molecular formula is C38H28N2S. The van der Waals surface area contributed by atoms with Crippen LogP contribution in [0.25, 0.3) is 43.0 Å². The number of aromatic nitrogens is 2. The van der Waals surface area contributed by atoms with Crippen molar-refractivity contribution in [3.05, 3.63) is 169 Å². The smallest absolute Gasteiger partial charge is 0.124 e. The Labute approximate surface area is 244 Å². The first-order valence-electron chi connectivity index (χ1n) is 13.8. The predicted molar refractivity (Wildman–Crippen MR) is 172 cm³/mol. The zero-order chi connectivity index (χ0) is 27.6. The lowest BCUT2D eigenvalue weighted by atomic mass is 9.71. The highest BCUT2D eigenvalue weighted by Gasteiger charge is 2.34. The van der Waals surface area contributed by atoms with E-state index in [4.69, 9.17) is 9.97 Å². The molecule has 0 fully saturated rings. The van der Waals surface area contributed by atoms with Crippen molar-refractivity contribution in [2.75, 3.05) is 0 Å². The fraction of sp³-hybridized carbons (Fsp3) is 0.0526. The number of fused-ring (bicyclic) bond motifs is 1. The Kier molecular flexibility index (Phi) is 6.50. The molecule has 0 bridgehead atoms. The Morgan fingerprint density at radius 2 is 1.15 bits per heavy atom. The number of rotatable bonds is 6. The second-order valence-corrected chi connectivity index (χ2v) is 11.4. The maximum absolute atomic E-state index is 4.83. The van der Waals surface area contributed by atoms with Crippen molar-refractivity contribution in [1.82, 2.24) is 9.97 Å². The number of para-hydroxylation sites is 1. The number of hydrogen-bond donors (Lipinski definition) is 0. The molecule has 41 heavy (non-hydrogen) atoms. The molecule has 2 heterocycles. The van der Waals surface area contributed by atoms with Crippen molar-refractivity contribution in [3.8, 4) is 32.8 Å². The zero-order valence-corrected chi connectivity index (χ0v) is 23.6. The number of benzene rings is 5. The molecule has 0 saturated carbocycles. The second kappa shape index (κ2) is 10.6. The maximum Gasteiger partial charge on any atom is 0.124 e.